The number of carbonyl (C=O) groups is 1. The summed E-state index contributed by atoms with van der Waals surface area (Å²) in [4.78, 5) is 14.1. The Morgan fingerprint density at radius 1 is 0.971 bits per heavy atom. The summed E-state index contributed by atoms with van der Waals surface area (Å²) >= 11 is 1.53. The van der Waals surface area contributed by atoms with Crippen molar-refractivity contribution in [1.82, 2.24) is 5.32 Å². The summed E-state index contributed by atoms with van der Waals surface area (Å²) < 4.78 is 38.9. The van der Waals surface area contributed by atoms with Gasteiger partial charge in [-0.25, -0.2) is 8.42 Å². The zero-order chi connectivity index (χ0) is 25.6. The largest absolute Gasteiger partial charge is 0.493 e. The van der Waals surface area contributed by atoms with Crippen LogP contribution in [0.15, 0.2) is 76.5 Å². The van der Waals surface area contributed by atoms with Gasteiger partial charge in [0.2, 0.25) is 5.91 Å². The van der Waals surface area contributed by atoms with Gasteiger partial charge in [-0.05, 0) is 74.2 Å². The highest BCUT2D eigenvalue weighted by atomic mass is 32.2. The lowest BCUT2D eigenvalue weighted by Gasteiger charge is -2.25. The van der Waals surface area contributed by atoms with Crippen LogP contribution in [0.5, 0.6) is 11.5 Å². The normalized spacial score (nSPS) is 12.0. The number of aryl methyl sites for hydroxylation is 1. The number of hydrogen-bond donors (Lipinski definition) is 1. The van der Waals surface area contributed by atoms with E-state index in [0.717, 1.165) is 20.3 Å². The predicted molar refractivity (Wildman–Crippen MR) is 140 cm³/mol. The Balaban J connectivity index is 1.87. The average molecular weight is 515 g/mol. The van der Waals surface area contributed by atoms with Crippen LogP contribution in [0.3, 0.4) is 0 Å². The Hall–Kier alpha value is -3.17. The maximum Gasteiger partial charge on any atom is 0.264 e. The molecule has 0 heterocycles. The van der Waals surface area contributed by atoms with Gasteiger partial charge >= 0.3 is 0 Å². The highest BCUT2D eigenvalue weighted by Gasteiger charge is 2.28. The van der Waals surface area contributed by atoms with E-state index in [1.807, 2.05) is 38.3 Å². The number of methoxy groups -OCH3 is 2. The standard InChI is InChI=1S/C26H30N2O5S2/c1-18-6-9-21(10-7-18)28(35(30,31)23-13-11-22(34-5)12-14-23)17-26(29)27-19(2)20-8-15-24(32-3)25(16-20)33-4/h6-16,19H,17H2,1-5H3,(H,27,29). The molecule has 1 unspecified atom stereocenters. The van der Waals surface area contributed by atoms with Crippen LogP contribution in [0.2, 0.25) is 0 Å². The van der Waals surface area contributed by atoms with Crippen molar-refractivity contribution < 1.29 is 22.7 Å². The van der Waals surface area contributed by atoms with E-state index in [0.29, 0.717) is 17.2 Å². The van der Waals surface area contributed by atoms with Crippen LogP contribution in [-0.4, -0.2) is 41.3 Å². The van der Waals surface area contributed by atoms with Gasteiger partial charge in [0.05, 0.1) is 30.8 Å². The Morgan fingerprint density at radius 2 is 1.60 bits per heavy atom. The first-order chi connectivity index (χ1) is 16.7. The molecular formula is C26H30N2O5S2. The third kappa shape index (κ3) is 6.29. The molecule has 3 aromatic carbocycles. The van der Waals surface area contributed by atoms with Gasteiger partial charge in [0.1, 0.15) is 6.54 Å². The molecule has 1 atom stereocenters. The predicted octanol–water partition coefficient (Wildman–Crippen LogP) is 4.81. The monoisotopic (exact) mass is 514 g/mol. The van der Waals surface area contributed by atoms with Gasteiger partial charge in [-0.3, -0.25) is 9.10 Å². The Bertz CT molecular complexity index is 1260. The van der Waals surface area contributed by atoms with Crippen LogP contribution in [0.1, 0.15) is 24.1 Å². The van der Waals surface area contributed by atoms with Crippen LogP contribution in [0, 0.1) is 6.92 Å². The Labute approximate surface area is 211 Å². The lowest BCUT2D eigenvalue weighted by molar-refractivity contribution is -0.120. The summed E-state index contributed by atoms with van der Waals surface area (Å²) in [5, 5.41) is 2.89. The summed E-state index contributed by atoms with van der Waals surface area (Å²) in [5.74, 6) is 0.694. The number of ether oxygens (including phenoxy) is 2. The van der Waals surface area contributed by atoms with Crippen LogP contribution in [0.25, 0.3) is 0 Å². The second-order valence-electron chi connectivity index (χ2n) is 7.93. The van der Waals surface area contributed by atoms with E-state index in [-0.39, 0.29) is 17.5 Å². The molecular weight excluding hydrogens is 484 g/mol. The molecule has 0 saturated heterocycles. The van der Waals surface area contributed by atoms with Gasteiger partial charge in [-0.2, -0.15) is 0 Å². The Morgan fingerprint density at radius 3 is 2.17 bits per heavy atom. The number of thioether (sulfide) groups is 1. The second kappa shape index (κ2) is 11.5. The quantitative estimate of drug-likeness (QED) is 0.391. The van der Waals surface area contributed by atoms with Gasteiger partial charge in [0.15, 0.2) is 11.5 Å². The lowest BCUT2D eigenvalue weighted by atomic mass is 10.1. The van der Waals surface area contributed by atoms with Gasteiger partial charge in [-0.15, -0.1) is 11.8 Å². The van der Waals surface area contributed by atoms with Crippen molar-refractivity contribution in [3.8, 4) is 11.5 Å². The molecule has 9 heteroatoms. The van der Waals surface area contributed by atoms with E-state index in [2.05, 4.69) is 5.32 Å². The molecule has 0 saturated carbocycles. The maximum atomic E-state index is 13.6. The molecule has 0 aromatic heterocycles. The lowest BCUT2D eigenvalue weighted by Crippen LogP contribution is -2.41. The topological polar surface area (TPSA) is 84.9 Å². The molecule has 35 heavy (non-hydrogen) atoms. The number of benzene rings is 3. The van der Waals surface area contributed by atoms with E-state index < -0.39 is 15.9 Å². The first kappa shape index (κ1) is 26.4. The smallest absolute Gasteiger partial charge is 0.264 e. The van der Waals surface area contributed by atoms with E-state index in [9.17, 15) is 13.2 Å². The summed E-state index contributed by atoms with van der Waals surface area (Å²) in [7, 11) is -0.885. The van der Waals surface area contributed by atoms with Gasteiger partial charge in [0, 0.05) is 4.90 Å². The van der Waals surface area contributed by atoms with Crippen molar-refractivity contribution in [3.05, 3.63) is 77.9 Å². The number of nitrogens with one attached hydrogen (secondary N) is 1. The van der Waals surface area contributed by atoms with Crippen molar-refractivity contribution in [2.75, 3.05) is 31.3 Å². The first-order valence-electron chi connectivity index (χ1n) is 10.9. The number of anilines is 1. The van der Waals surface area contributed by atoms with E-state index >= 15 is 0 Å². The van der Waals surface area contributed by atoms with E-state index in [1.54, 1.807) is 62.8 Å². The highest BCUT2D eigenvalue weighted by Crippen LogP contribution is 2.30. The third-order valence-corrected chi connectivity index (χ3v) is 8.07. The molecule has 0 aliphatic carbocycles. The number of amides is 1. The highest BCUT2D eigenvalue weighted by molar-refractivity contribution is 7.98. The number of nitrogens with zero attached hydrogens (tertiary/aromatic N) is 1. The van der Waals surface area contributed by atoms with Crippen LogP contribution in [0.4, 0.5) is 5.69 Å². The van der Waals surface area contributed by atoms with Crippen molar-refractivity contribution in [2.24, 2.45) is 0 Å². The molecule has 0 spiro atoms. The second-order valence-corrected chi connectivity index (χ2v) is 10.7. The zero-order valence-electron chi connectivity index (χ0n) is 20.4. The summed E-state index contributed by atoms with van der Waals surface area (Å²) in [6.07, 6.45) is 1.92. The number of hydrogen-bond acceptors (Lipinski definition) is 6. The first-order valence-corrected chi connectivity index (χ1v) is 13.6. The van der Waals surface area contributed by atoms with Gasteiger partial charge < -0.3 is 14.8 Å². The molecule has 3 aromatic rings. The van der Waals surface area contributed by atoms with Crippen molar-refractivity contribution in [1.29, 1.82) is 0 Å². The summed E-state index contributed by atoms with van der Waals surface area (Å²) in [5.41, 5.74) is 2.20. The molecule has 7 nitrogen and oxygen atoms in total. The minimum Gasteiger partial charge on any atom is -0.493 e. The van der Waals surface area contributed by atoms with Crippen molar-refractivity contribution in [3.63, 3.8) is 0 Å². The summed E-state index contributed by atoms with van der Waals surface area (Å²) in [6.45, 7) is 3.37. The number of carbonyl (C=O) groups excluding carboxylic acids is 1. The van der Waals surface area contributed by atoms with E-state index in [1.165, 1.54) is 11.8 Å². The minimum atomic E-state index is -3.98. The molecule has 1 N–H and O–H groups in total. The fourth-order valence-electron chi connectivity index (χ4n) is 3.52. The fraction of sp³-hybridized carbons (Fsp3) is 0.269. The van der Waals surface area contributed by atoms with E-state index in [4.69, 9.17) is 9.47 Å². The molecule has 186 valence electrons. The van der Waals surface area contributed by atoms with Crippen molar-refractivity contribution >= 4 is 33.4 Å². The maximum absolute atomic E-state index is 13.6. The molecule has 0 aliphatic rings. The molecule has 0 fully saturated rings. The van der Waals surface area contributed by atoms with Gasteiger partial charge in [0.25, 0.3) is 10.0 Å². The summed E-state index contributed by atoms with van der Waals surface area (Å²) in [6, 6.07) is 18.7. The molecule has 0 aliphatic heterocycles. The van der Waals surface area contributed by atoms with Crippen LogP contribution >= 0.6 is 11.8 Å². The molecule has 1 amide bonds. The van der Waals surface area contributed by atoms with Crippen LogP contribution in [-0.2, 0) is 14.8 Å². The minimum absolute atomic E-state index is 0.122. The van der Waals surface area contributed by atoms with Gasteiger partial charge in [-0.1, -0.05) is 23.8 Å². The number of rotatable bonds is 10. The molecule has 0 bridgehead atoms. The molecule has 0 radical (unpaired) electrons. The van der Waals surface area contributed by atoms with Crippen LogP contribution < -0.4 is 19.1 Å². The fourth-order valence-corrected chi connectivity index (χ4v) is 5.35. The SMILES string of the molecule is COc1ccc(C(C)NC(=O)CN(c2ccc(C)cc2)S(=O)(=O)c2ccc(SC)cc2)cc1OC. The average Bonchev–Trinajstić information content (AvgIpc) is 2.87. The number of sulfonamides is 1. The third-order valence-electron chi connectivity index (χ3n) is 5.54. The molecule has 3 rings (SSSR count). The Kier molecular flexibility index (Phi) is 8.69. The van der Waals surface area contributed by atoms with Crippen molar-refractivity contribution in [2.45, 2.75) is 29.7 Å². The zero-order valence-corrected chi connectivity index (χ0v) is 22.1.